The molecule has 3 aromatic heterocycles. The van der Waals surface area contributed by atoms with Gasteiger partial charge in [0.1, 0.15) is 5.52 Å². The average molecular weight is 596 g/mol. The van der Waals surface area contributed by atoms with Crippen molar-refractivity contribution >= 4 is 63.5 Å². The molecule has 6 aromatic rings. The van der Waals surface area contributed by atoms with Crippen LogP contribution in [0.2, 0.25) is 5.02 Å². The van der Waals surface area contributed by atoms with Crippen LogP contribution in [0.4, 0.5) is 33.2 Å². The van der Waals surface area contributed by atoms with E-state index in [1.165, 1.54) is 18.3 Å². The second-order valence-corrected chi connectivity index (χ2v) is 9.32. The summed E-state index contributed by atoms with van der Waals surface area (Å²) in [6, 6.07) is 23.0. The van der Waals surface area contributed by atoms with Crippen molar-refractivity contribution in [1.29, 1.82) is 0 Å². The number of anilines is 5. The molecule has 0 atom stereocenters. The summed E-state index contributed by atoms with van der Waals surface area (Å²) in [5, 5.41) is 16.7. The van der Waals surface area contributed by atoms with Gasteiger partial charge in [0.2, 0.25) is 11.6 Å². The van der Waals surface area contributed by atoms with Gasteiger partial charge in [-0.3, -0.25) is 4.79 Å². The Morgan fingerprint density at radius 1 is 0.837 bits per heavy atom. The minimum atomic E-state index is -0.681. The van der Waals surface area contributed by atoms with Crippen LogP contribution in [-0.2, 0) is 0 Å². The molecule has 12 nitrogen and oxygen atoms in total. The molecule has 43 heavy (non-hydrogen) atoms. The van der Waals surface area contributed by atoms with Crippen LogP contribution in [0, 0.1) is 5.82 Å². The van der Waals surface area contributed by atoms with Crippen LogP contribution in [0.3, 0.4) is 0 Å². The Hall–Kier alpha value is -5.95. The molecule has 3 heterocycles. The van der Waals surface area contributed by atoms with Gasteiger partial charge in [-0.15, -0.1) is 5.10 Å². The van der Waals surface area contributed by atoms with Crippen LogP contribution in [0.15, 0.2) is 97.3 Å². The third kappa shape index (κ3) is 6.21. The second kappa shape index (κ2) is 11.9. The lowest BCUT2D eigenvalue weighted by molar-refractivity contribution is 0.0405. The molecule has 1 amide bonds. The topological polar surface area (TPSA) is 149 Å². The summed E-state index contributed by atoms with van der Waals surface area (Å²) < 4.78 is 14.5. The predicted octanol–water partition coefficient (Wildman–Crippen LogP) is 5.42. The maximum Gasteiger partial charge on any atom is 0.365 e. The number of carbonyl (C=O) groups excluding carboxylic acids is 2. The van der Waals surface area contributed by atoms with Crippen molar-refractivity contribution in [2.45, 2.75) is 0 Å². The van der Waals surface area contributed by atoms with Crippen LogP contribution >= 0.6 is 11.6 Å². The van der Waals surface area contributed by atoms with E-state index in [9.17, 15) is 14.0 Å². The number of nitrogens with one attached hydrogen (secondary N) is 3. The smallest absolute Gasteiger partial charge is 0.338 e. The Morgan fingerprint density at radius 2 is 1.56 bits per heavy atom. The molecule has 0 aliphatic rings. The molecule has 0 fully saturated rings. The number of para-hydroxylation sites is 1. The first-order chi connectivity index (χ1) is 20.9. The zero-order chi connectivity index (χ0) is 29.8. The number of carbonyl (C=O) groups is 2. The number of pyridine rings is 1. The van der Waals surface area contributed by atoms with Crippen LogP contribution in [0.1, 0.15) is 20.7 Å². The third-order valence-corrected chi connectivity index (χ3v) is 6.33. The van der Waals surface area contributed by atoms with Gasteiger partial charge in [-0.1, -0.05) is 23.7 Å². The van der Waals surface area contributed by atoms with Crippen molar-refractivity contribution in [2.24, 2.45) is 0 Å². The molecule has 3 aromatic carbocycles. The average Bonchev–Trinajstić information content (AvgIpc) is 3.43. The maximum atomic E-state index is 14.5. The number of halogens is 2. The van der Waals surface area contributed by atoms with Crippen molar-refractivity contribution in [3.63, 3.8) is 0 Å². The quantitative estimate of drug-likeness (QED) is 0.195. The van der Waals surface area contributed by atoms with E-state index >= 15 is 0 Å². The summed E-state index contributed by atoms with van der Waals surface area (Å²) >= 11 is 6.11. The van der Waals surface area contributed by atoms with Crippen molar-refractivity contribution in [1.82, 2.24) is 30.1 Å². The normalized spacial score (nSPS) is 10.7. The van der Waals surface area contributed by atoms with E-state index < -0.39 is 11.8 Å². The largest absolute Gasteiger partial charge is 0.365 e. The number of fused-ring (bicyclic) bond motifs is 1. The molecule has 0 unspecified atom stereocenters. The van der Waals surface area contributed by atoms with E-state index in [4.69, 9.17) is 16.4 Å². The van der Waals surface area contributed by atoms with E-state index in [1.54, 1.807) is 72.8 Å². The van der Waals surface area contributed by atoms with Gasteiger partial charge in [0.05, 0.1) is 22.5 Å². The summed E-state index contributed by atoms with van der Waals surface area (Å²) in [6.45, 7) is 0. The van der Waals surface area contributed by atoms with Gasteiger partial charge in [0.25, 0.3) is 5.91 Å². The van der Waals surface area contributed by atoms with E-state index in [-0.39, 0.29) is 23.2 Å². The summed E-state index contributed by atoms with van der Waals surface area (Å²) in [5.41, 5.74) is 2.95. The first kappa shape index (κ1) is 27.2. The summed E-state index contributed by atoms with van der Waals surface area (Å²) in [7, 11) is 0. The Bertz CT molecular complexity index is 1950. The summed E-state index contributed by atoms with van der Waals surface area (Å²) in [5.74, 6) is -1.67. The molecule has 0 bridgehead atoms. The van der Waals surface area contributed by atoms with Gasteiger partial charge in [-0.25, -0.2) is 19.2 Å². The molecule has 0 radical (unpaired) electrons. The highest BCUT2D eigenvalue weighted by molar-refractivity contribution is 6.33. The van der Waals surface area contributed by atoms with Gasteiger partial charge in [-0.05, 0) is 82.9 Å². The van der Waals surface area contributed by atoms with E-state index in [0.717, 1.165) is 11.0 Å². The van der Waals surface area contributed by atoms with Crippen LogP contribution < -0.4 is 20.8 Å². The van der Waals surface area contributed by atoms with Gasteiger partial charge < -0.3 is 20.8 Å². The number of aromatic nitrogens is 6. The molecule has 0 saturated carbocycles. The zero-order valence-electron chi connectivity index (χ0n) is 21.9. The number of benzene rings is 3. The molecule has 14 heteroatoms. The van der Waals surface area contributed by atoms with E-state index in [0.29, 0.717) is 38.8 Å². The van der Waals surface area contributed by atoms with Gasteiger partial charge >= 0.3 is 5.97 Å². The van der Waals surface area contributed by atoms with Gasteiger partial charge in [-0.2, -0.15) is 4.98 Å². The SMILES string of the molecule is O=C(Nc1ccccc1Cl)c1ccc(Nc2nc(Nc3ccc(C(=O)On4nnc5cccnc54)cc3)ncc2F)cc1. The molecule has 6 rings (SSSR count). The number of amides is 1. The summed E-state index contributed by atoms with van der Waals surface area (Å²) in [4.78, 5) is 43.6. The third-order valence-electron chi connectivity index (χ3n) is 6.00. The highest BCUT2D eigenvalue weighted by Crippen LogP contribution is 2.23. The number of hydrogen-bond acceptors (Lipinski definition) is 10. The highest BCUT2D eigenvalue weighted by Gasteiger charge is 2.14. The lowest BCUT2D eigenvalue weighted by Gasteiger charge is -2.11. The fourth-order valence-electron chi connectivity index (χ4n) is 3.87. The van der Waals surface area contributed by atoms with Crippen molar-refractivity contribution in [3.8, 4) is 0 Å². The number of hydrogen-bond donors (Lipinski definition) is 3. The predicted molar refractivity (Wildman–Crippen MR) is 157 cm³/mol. The fourth-order valence-corrected chi connectivity index (χ4v) is 4.05. The van der Waals surface area contributed by atoms with E-state index in [1.807, 2.05) is 0 Å². The second-order valence-electron chi connectivity index (χ2n) is 8.92. The Morgan fingerprint density at radius 3 is 2.33 bits per heavy atom. The van der Waals surface area contributed by atoms with Crippen LogP contribution in [0.25, 0.3) is 11.2 Å². The highest BCUT2D eigenvalue weighted by atomic mass is 35.5. The Balaban J connectivity index is 1.09. The molecule has 0 saturated heterocycles. The standard InChI is InChI=1S/C29H19ClFN9O3/c30-21-4-1-2-5-23(21)36-27(41)17-7-11-19(12-8-17)34-25-22(31)16-33-29(37-25)35-20-13-9-18(10-14-20)28(42)43-40-26-24(38-39-40)6-3-15-32-26/h1-16H,(H,36,41)(H2,33,34,35,37). The number of rotatable bonds is 8. The molecular weight excluding hydrogens is 577 g/mol. The monoisotopic (exact) mass is 595 g/mol. The number of nitrogens with zero attached hydrogens (tertiary/aromatic N) is 6. The molecular formula is C29H19ClFN9O3. The Labute approximate surface area is 247 Å². The lowest BCUT2D eigenvalue weighted by Crippen LogP contribution is -2.21. The molecule has 0 aliphatic carbocycles. The minimum absolute atomic E-state index is 0.0837. The first-order valence-electron chi connectivity index (χ1n) is 12.6. The first-order valence-corrected chi connectivity index (χ1v) is 13.0. The molecule has 0 spiro atoms. The zero-order valence-corrected chi connectivity index (χ0v) is 22.7. The summed E-state index contributed by atoms with van der Waals surface area (Å²) in [6.07, 6.45) is 2.56. The van der Waals surface area contributed by atoms with Gasteiger partial charge in [0.15, 0.2) is 11.6 Å². The van der Waals surface area contributed by atoms with Gasteiger partial charge in [0, 0.05) is 23.1 Å². The van der Waals surface area contributed by atoms with Crippen molar-refractivity contribution in [2.75, 3.05) is 16.0 Å². The van der Waals surface area contributed by atoms with Crippen molar-refractivity contribution in [3.05, 3.63) is 119 Å². The van der Waals surface area contributed by atoms with Crippen LogP contribution in [0.5, 0.6) is 0 Å². The molecule has 0 aliphatic heterocycles. The molecule has 212 valence electrons. The lowest BCUT2D eigenvalue weighted by atomic mass is 10.2. The van der Waals surface area contributed by atoms with Crippen LogP contribution in [-0.4, -0.2) is 42.0 Å². The van der Waals surface area contributed by atoms with E-state index in [2.05, 4.69) is 41.2 Å². The maximum absolute atomic E-state index is 14.5. The van der Waals surface area contributed by atoms with Crippen molar-refractivity contribution < 1.29 is 18.8 Å². The minimum Gasteiger partial charge on any atom is -0.338 e. The Kier molecular flexibility index (Phi) is 7.53. The molecule has 3 N–H and O–H groups in total. The fraction of sp³-hybridized carbons (Fsp3) is 0.